The standard InChI is InChI=1S/C10H13F2NO/c1-7(13)9-6-8(12)2-3-10(9)14-5-4-11/h2-3,6-7H,4-5,13H2,1H3/t7-/m1/s1. The van der Waals surface area contributed by atoms with Crippen molar-refractivity contribution in [3.8, 4) is 5.75 Å². The Balaban J connectivity index is 2.90. The molecule has 78 valence electrons. The molecule has 4 heteroatoms. The molecule has 0 amide bonds. The fourth-order valence-corrected chi connectivity index (χ4v) is 1.16. The fourth-order valence-electron chi connectivity index (χ4n) is 1.16. The van der Waals surface area contributed by atoms with Crippen LogP contribution in [0.25, 0.3) is 0 Å². The number of benzene rings is 1. The molecule has 2 nitrogen and oxygen atoms in total. The number of nitrogens with two attached hydrogens (primary N) is 1. The molecule has 1 rings (SSSR count). The fraction of sp³-hybridized carbons (Fsp3) is 0.400. The van der Waals surface area contributed by atoms with Gasteiger partial charge in [0.1, 0.15) is 24.8 Å². The smallest absolute Gasteiger partial charge is 0.124 e. The van der Waals surface area contributed by atoms with E-state index in [0.29, 0.717) is 11.3 Å². The molecule has 2 N–H and O–H groups in total. The van der Waals surface area contributed by atoms with Gasteiger partial charge in [-0.25, -0.2) is 8.78 Å². The highest BCUT2D eigenvalue weighted by molar-refractivity contribution is 5.36. The van der Waals surface area contributed by atoms with Gasteiger partial charge in [-0.3, -0.25) is 0 Å². The summed E-state index contributed by atoms with van der Waals surface area (Å²) in [6, 6.07) is 3.70. The summed E-state index contributed by atoms with van der Waals surface area (Å²) in [5.74, 6) is 0.0731. The molecule has 0 radical (unpaired) electrons. The third-order valence-corrected chi connectivity index (χ3v) is 1.80. The lowest BCUT2D eigenvalue weighted by molar-refractivity contribution is 0.269. The normalized spacial score (nSPS) is 12.6. The number of halogens is 2. The van der Waals surface area contributed by atoms with Gasteiger partial charge in [0, 0.05) is 11.6 Å². The summed E-state index contributed by atoms with van der Waals surface area (Å²) in [5, 5.41) is 0. The second kappa shape index (κ2) is 4.91. The summed E-state index contributed by atoms with van der Waals surface area (Å²) in [5.41, 5.74) is 6.17. The maximum Gasteiger partial charge on any atom is 0.124 e. The van der Waals surface area contributed by atoms with E-state index in [1.54, 1.807) is 6.92 Å². The van der Waals surface area contributed by atoms with Crippen molar-refractivity contribution >= 4 is 0 Å². The summed E-state index contributed by atoms with van der Waals surface area (Å²) < 4.78 is 29.8. The Labute approximate surface area is 81.7 Å². The molecule has 0 aliphatic rings. The van der Waals surface area contributed by atoms with Crippen LogP contribution in [0.4, 0.5) is 8.78 Å². The Morgan fingerprint density at radius 2 is 2.21 bits per heavy atom. The van der Waals surface area contributed by atoms with E-state index in [0.717, 1.165) is 0 Å². The first-order valence-electron chi connectivity index (χ1n) is 4.39. The minimum absolute atomic E-state index is 0.0364. The lowest BCUT2D eigenvalue weighted by atomic mass is 10.1. The van der Waals surface area contributed by atoms with Crippen molar-refractivity contribution in [3.63, 3.8) is 0 Å². The number of hydrogen-bond acceptors (Lipinski definition) is 2. The highest BCUT2D eigenvalue weighted by Crippen LogP contribution is 2.24. The van der Waals surface area contributed by atoms with Gasteiger partial charge in [0.15, 0.2) is 0 Å². The van der Waals surface area contributed by atoms with Gasteiger partial charge in [-0.2, -0.15) is 0 Å². The zero-order chi connectivity index (χ0) is 10.6. The minimum atomic E-state index is -0.574. The average Bonchev–Trinajstić information content (AvgIpc) is 2.15. The molecular formula is C10H13F2NO. The summed E-state index contributed by atoms with van der Waals surface area (Å²) in [6.07, 6.45) is 0. The summed E-state index contributed by atoms with van der Waals surface area (Å²) >= 11 is 0. The molecule has 14 heavy (non-hydrogen) atoms. The van der Waals surface area contributed by atoms with Crippen LogP contribution >= 0.6 is 0 Å². The number of hydrogen-bond donors (Lipinski definition) is 1. The summed E-state index contributed by atoms with van der Waals surface area (Å²) in [4.78, 5) is 0. The van der Waals surface area contributed by atoms with Gasteiger partial charge < -0.3 is 10.5 Å². The van der Waals surface area contributed by atoms with E-state index in [1.165, 1.54) is 18.2 Å². The van der Waals surface area contributed by atoms with Gasteiger partial charge in [-0.1, -0.05) is 0 Å². The van der Waals surface area contributed by atoms with Crippen LogP contribution in [-0.4, -0.2) is 13.3 Å². The molecule has 0 heterocycles. The van der Waals surface area contributed by atoms with Crippen LogP contribution in [0.1, 0.15) is 18.5 Å². The third-order valence-electron chi connectivity index (χ3n) is 1.80. The highest BCUT2D eigenvalue weighted by atomic mass is 19.1. The molecule has 0 unspecified atom stereocenters. The van der Waals surface area contributed by atoms with Crippen LogP contribution in [0.15, 0.2) is 18.2 Å². The molecule has 1 atom stereocenters. The molecule has 0 aliphatic carbocycles. The first kappa shape index (κ1) is 10.9. The third kappa shape index (κ3) is 2.67. The molecular weight excluding hydrogens is 188 g/mol. The molecule has 0 bridgehead atoms. The second-order valence-electron chi connectivity index (χ2n) is 3.01. The number of ether oxygens (including phenoxy) is 1. The predicted molar refractivity (Wildman–Crippen MR) is 50.5 cm³/mol. The highest BCUT2D eigenvalue weighted by Gasteiger charge is 2.09. The predicted octanol–water partition coefficient (Wildman–Crippen LogP) is 2.19. The lowest BCUT2D eigenvalue weighted by Crippen LogP contribution is -2.09. The molecule has 0 aliphatic heterocycles. The average molecular weight is 201 g/mol. The van der Waals surface area contributed by atoms with Gasteiger partial charge in [-0.15, -0.1) is 0 Å². The lowest BCUT2D eigenvalue weighted by Gasteiger charge is -2.12. The molecule has 0 aromatic heterocycles. The molecule has 0 fully saturated rings. The molecule has 0 spiro atoms. The van der Waals surface area contributed by atoms with Gasteiger partial charge in [0.2, 0.25) is 0 Å². The van der Waals surface area contributed by atoms with Crippen LogP contribution in [0.5, 0.6) is 5.75 Å². The Morgan fingerprint density at radius 3 is 2.79 bits per heavy atom. The van der Waals surface area contributed by atoms with E-state index in [2.05, 4.69) is 0 Å². The maximum absolute atomic E-state index is 12.8. The largest absolute Gasteiger partial charge is 0.491 e. The van der Waals surface area contributed by atoms with Gasteiger partial charge in [0.25, 0.3) is 0 Å². The van der Waals surface area contributed by atoms with Gasteiger partial charge >= 0.3 is 0 Å². The van der Waals surface area contributed by atoms with Crippen molar-refractivity contribution in [2.45, 2.75) is 13.0 Å². The second-order valence-corrected chi connectivity index (χ2v) is 3.01. The van der Waals surface area contributed by atoms with Gasteiger partial charge in [-0.05, 0) is 25.1 Å². The Morgan fingerprint density at radius 1 is 1.50 bits per heavy atom. The Kier molecular flexibility index (Phi) is 3.83. The maximum atomic E-state index is 12.8. The van der Waals surface area contributed by atoms with Crippen LogP contribution in [0, 0.1) is 5.82 Å². The van der Waals surface area contributed by atoms with Crippen molar-refractivity contribution in [1.29, 1.82) is 0 Å². The molecule has 1 aromatic rings. The number of rotatable bonds is 4. The van der Waals surface area contributed by atoms with E-state index in [-0.39, 0.29) is 18.5 Å². The topological polar surface area (TPSA) is 35.2 Å². The van der Waals surface area contributed by atoms with Crippen molar-refractivity contribution in [1.82, 2.24) is 0 Å². The van der Waals surface area contributed by atoms with E-state index < -0.39 is 6.67 Å². The van der Waals surface area contributed by atoms with Gasteiger partial charge in [0.05, 0.1) is 0 Å². The Bertz CT molecular complexity index is 302. The van der Waals surface area contributed by atoms with Crippen molar-refractivity contribution < 1.29 is 13.5 Å². The van der Waals surface area contributed by atoms with E-state index in [4.69, 9.17) is 10.5 Å². The molecule has 0 saturated carbocycles. The SMILES string of the molecule is C[C@@H](N)c1cc(F)ccc1OCCF. The van der Waals surface area contributed by atoms with Crippen LogP contribution in [-0.2, 0) is 0 Å². The minimum Gasteiger partial charge on any atom is -0.491 e. The number of alkyl halides is 1. The van der Waals surface area contributed by atoms with Crippen molar-refractivity contribution in [2.75, 3.05) is 13.3 Å². The molecule has 1 aromatic carbocycles. The monoisotopic (exact) mass is 201 g/mol. The summed E-state index contributed by atoms with van der Waals surface area (Å²) in [7, 11) is 0. The van der Waals surface area contributed by atoms with Crippen LogP contribution < -0.4 is 10.5 Å². The quantitative estimate of drug-likeness (QED) is 0.810. The van der Waals surface area contributed by atoms with Crippen LogP contribution in [0.3, 0.4) is 0 Å². The van der Waals surface area contributed by atoms with E-state index >= 15 is 0 Å². The van der Waals surface area contributed by atoms with Crippen LogP contribution in [0.2, 0.25) is 0 Å². The zero-order valence-corrected chi connectivity index (χ0v) is 7.97. The first-order valence-corrected chi connectivity index (χ1v) is 4.39. The Hall–Kier alpha value is -1.16. The summed E-state index contributed by atoms with van der Waals surface area (Å²) in [6.45, 7) is 1.11. The first-order chi connectivity index (χ1) is 6.65. The van der Waals surface area contributed by atoms with E-state index in [1.807, 2.05) is 0 Å². The zero-order valence-electron chi connectivity index (χ0n) is 7.97. The van der Waals surface area contributed by atoms with E-state index in [9.17, 15) is 8.78 Å². The van der Waals surface area contributed by atoms with Crippen molar-refractivity contribution in [2.24, 2.45) is 5.73 Å². The molecule has 0 saturated heterocycles. The van der Waals surface area contributed by atoms with Crippen molar-refractivity contribution in [3.05, 3.63) is 29.6 Å².